The van der Waals surface area contributed by atoms with Crippen LogP contribution in [0, 0.1) is 5.39 Å². The molecule has 0 unspecified atom stereocenters. The van der Waals surface area contributed by atoms with Crippen LogP contribution in [0.25, 0.3) is 4.98 Å². The summed E-state index contributed by atoms with van der Waals surface area (Å²) >= 11 is 0. The summed E-state index contributed by atoms with van der Waals surface area (Å²) in [7, 11) is -1.26. The number of nitrogens with zero attached hydrogens (tertiary/aromatic N) is 2. The number of methoxy groups -OCH3 is 1. The van der Waals surface area contributed by atoms with Gasteiger partial charge in [0.15, 0.2) is 4.98 Å². The van der Waals surface area contributed by atoms with Gasteiger partial charge in [-0.2, -0.15) is 8.42 Å². The highest BCUT2D eigenvalue weighted by Gasteiger charge is 2.14. The fourth-order valence-corrected chi connectivity index (χ4v) is 4.22. The summed E-state index contributed by atoms with van der Waals surface area (Å²) in [5.74, 6) is 0.894. The van der Waals surface area contributed by atoms with Crippen molar-refractivity contribution in [3.8, 4) is 5.75 Å². The third-order valence-corrected chi connectivity index (χ3v) is 6.32. The molecule has 0 aliphatic heterocycles. The summed E-state index contributed by atoms with van der Waals surface area (Å²) in [6.45, 7) is 3.19. The second kappa shape index (κ2) is 12.3. The third kappa shape index (κ3) is 8.42. The minimum absolute atomic E-state index is 0.372. The molecule has 3 rings (SSSR count). The zero-order chi connectivity index (χ0) is 22.5. The van der Waals surface area contributed by atoms with Crippen LogP contribution in [0.4, 0.5) is 17.1 Å². The van der Waals surface area contributed by atoms with E-state index < -0.39 is 9.15 Å². The number of benzene rings is 3. The highest BCUT2D eigenvalue weighted by Crippen LogP contribution is 2.31. The Morgan fingerprint density at radius 3 is 2.26 bits per heavy atom. The smallest absolute Gasteiger partial charge is 0.426 e. The SMILES string of the molecule is C=COS(=O)(=O)SCc1ccccc1.COc1cc(Nc2ccccc2)ccc1[N+]#N. The van der Waals surface area contributed by atoms with Crippen molar-refractivity contribution in [3.05, 3.63) is 102 Å². The van der Waals surface area contributed by atoms with Gasteiger partial charge in [0.1, 0.15) is 0 Å². The zero-order valence-electron chi connectivity index (χ0n) is 16.8. The highest BCUT2D eigenvalue weighted by atomic mass is 33.1. The van der Waals surface area contributed by atoms with Crippen molar-refractivity contribution in [1.29, 1.82) is 5.39 Å². The van der Waals surface area contributed by atoms with E-state index in [1.54, 1.807) is 12.1 Å². The van der Waals surface area contributed by atoms with Gasteiger partial charge < -0.3 is 14.2 Å². The first-order valence-electron chi connectivity index (χ1n) is 9.05. The fraction of sp³-hybridized carbons (Fsp3) is 0.0909. The van der Waals surface area contributed by atoms with Gasteiger partial charge in [0.2, 0.25) is 11.1 Å². The first-order chi connectivity index (χ1) is 15.0. The van der Waals surface area contributed by atoms with Gasteiger partial charge in [-0.25, -0.2) is 0 Å². The summed E-state index contributed by atoms with van der Waals surface area (Å²) in [5.41, 5.74) is 3.21. The van der Waals surface area contributed by atoms with Crippen molar-refractivity contribution >= 4 is 37.0 Å². The number of para-hydroxylation sites is 1. The van der Waals surface area contributed by atoms with E-state index in [4.69, 9.17) is 10.1 Å². The normalized spacial score (nSPS) is 10.1. The lowest BCUT2D eigenvalue weighted by atomic mass is 10.2. The van der Waals surface area contributed by atoms with E-state index >= 15 is 0 Å². The van der Waals surface area contributed by atoms with Crippen LogP contribution in [-0.4, -0.2) is 15.5 Å². The molecule has 0 aromatic heterocycles. The van der Waals surface area contributed by atoms with Gasteiger partial charge in [-0.1, -0.05) is 55.1 Å². The Morgan fingerprint density at radius 2 is 1.68 bits per heavy atom. The van der Waals surface area contributed by atoms with Crippen molar-refractivity contribution < 1.29 is 17.3 Å². The molecule has 0 spiro atoms. The summed E-state index contributed by atoms with van der Waals surface area (Å²) in [5, 5.41) is 12.0. The van der Waals surface area contributed by atoms with Crippen LogP contribution in [0.15, 0.2) is 91.7 Å². The average Bonchev–Trinajstić information content (AvgIpc) is 2.79. The first-order valence-corrected chi connectivity index (χ1v) is 12.0. The van der Waals surface area contributed by atoms with E-state index in [0.717, 1.165) is 34.0 Å². The maximum absolute atomic E-state index is 11.1. The van der Waals surface area contributed by atoms with Gasteiger partial charge in [0.05, 0.1) is 13.4 Å². The van der Waals surface area contributed by atoms with Gasteiger partial charge in [0, 0.05) is 40.1 Å². The third-order valence-electron chi connectivity index (χ3n) is 3.75. The van der Waals surface area contributed by atoms with Crippen molar-refractivity contribution in [1.82, 2.24) is 0 Å². The molecule has 0 fully saturated rings. The van der Waals surface area contributed by atoms with Crippen LogP contribution in [0.5, 0.6) is 5.75 Å². The van der Waals surface area contributed by atoms with Gasteiger partial charge in [-0.15, -0.1) is 0 Å². The Balaban J connectivity index is 0.000000225. The van der Waals surface area contributed by atoms with Crippen LogP contribution in [0.1, 0.15) is 5.56 Å². The van der Waals surface area contributed by atoms with Crippen LogP contribution < -0.4 is 10.1 Å². The number of hydrogen-bond donors (Lipinski definition) is 1. The molecule has 3 aromatic rings. The predicted octanol–water partition coefficient (Wildman–Crippen LogP) is 6.25. The summed E-state index contributed by atoms with van der Waals surface area (Å²) in [6.07, 6.45) is 0.910. The molecule has 9 heteroatoms. The molecule has 31 heavy (non-hydrogen) atoms. The highest BCUT2D eigenvalue weighted by molar-refractivity contribution is 8.69. The number of rotatable bonds is 8. The number of hydrogen-bond acceptors (Lipinski definition) is 7. The molecule has 0 saturated heterocycles. The van der Waals surface area contributed by atoms with Crippen molar-refractivity contribution in [2.45, 2.75) is 5.75 Å². The predicted molar refractivity (Wildman–Crippen MR) is 125 cm³/mol. The van der Waals surface area contributed by atoms with Gasteiger partial charge in [-0.05, 0) is 23.8 Å². The lowest BCUT2D eigenvalue weighted by Gasteiger charge is -2.06. The van der Waals surface area contributed by atoms with Gasteiger partial charge in [0.25, 0.3) is 0 Å². The van der Waals surface area contributed by atoms with E-state index in [-0.39, 0.29) is 0 Å². The topological polar surface area (TPSA) is 92.8 Å². The van der Waals surface area contributed by atoms with Crippen LogP contribution in [0.2, 0.25) is 0 Å². The fourth-order valence-electron chi connectivity index (χ4n) is 2.35. The Labute approximate surface area is 185 Å². The maximum atomic E-state index is 11.1. The Hall–Kier alpha value is -3.48. The minimum atomic E-state index is -3.53. The van der Waals surface area contributed by atoms with E-state index in [0.29, 0.717) is 17.2 Å². The molecule has 0 aliphatic carbocycles. The number of ether oxygens (including phenoxy) is 1. The monoisotopic (exact) mass is 456 g/mol. The molecule has 160 valence electrons. The van der Waals surface area contributed by atoms with E-state index in [9.17, 15) is 8.42 Å². The van der Waals surface area contributed by atoms with Crippen molar-refractivity contribution in [3.63, 3.8) is 0 Å². The molecule has 0 amide bonds. The average molecular weight is 457 g/mol. The lowest BCUT2D eigenvalue weighted by Crippen LogP contribution is -1.95. The Morgan fingerprint density at radius 1 is 1.03 bits per heavy atom. The van der Waals surface area contributed by atoms with Gasteiger partial charge >= 0.3 is 14.8 Å². The molecule has 0 saturated carbocycles. The molecular weight excluding hydrogens is 434 g/mol. The zero-order valence-corrected chi connectivity index (χ0v) is 18.5. The molecular formula is C22H22N3O4S2+. The summed E-state index contributed by atoms with van der Waals surface area (Å²) < 4.78 is 31.6. The molecule has 0 heterocycles. The number of anilines is 2. The summed E-state index contributed by atoms with van der Waals surface area (Å²) in [4.78, 5) is 3.14. The molecule has 0 aliphatic rings. The van der Waals surface area contributed by atoms with Gasteiger partial charge in [-0.3, -0.25) is 0 Å². The molecule has 1 N–H and O–H groups in total. The lowest BCUT2D eigenvalue weighted by molar-refractivity contribution is 0.417. The number of nitrogens with one attached hydrogen (secondary N) is 1. The standard InChI is InChI=1S/C13H12N3O.C9H10O3S2/c1-17-13-9-11(7-8-12(13)16-14)15-10-5-3-2-4-6-10;1-2-12-14(10,11)13-8-9-6-4-3-5-7-9/h2-9,15H,1H3;2-7H,1,8H2/q+1;. The van der Waals surface area contributed by atoms with E-state index in [2.05, 4.69) is 21.1 Å². The molecule has 0 atom stereocenters. The molecule has 0 bridgehead atoms. The number of diazo groups is 1. The second-order valence-electron chi connectivity index (χ2n) is 5.90. The first kappa shape index (κ1) is 23.8. The largest absolute Gasteiger partial charge is 0.489 e. The van der Waals surface area contributed by atoms with Crippen molar-refractivity contribution in [2.75, 3.05) is 12.4 Å². The quantitative estimate of drug-likeness (QED) is 0.243. The van der Waals surface area contributed by atoms with Crippen molar-refractivity contribution in [2.24, 2.45) is 0 Å². The van der Waals surface area contributed by atoms with Crippen LogP contribution in [0.3, 0.4) is 0 Å². The Bertz CT molecular complexity index is 1120. The molecule has 7 nitrogen and oxygen atoms in total. The van der Waals surface area contributed by atoms with E-state index in [1.807, 2.05) is 66.7 Å². The van der Waals surface area contributed by atoms with Crippen LogP contribution in [-0.2, 0) is 19.1 Å². The minimum Gasteiger partial charge on any atom is -0.489 e. The Kier molecular flexibility index (Phi) is 9.42. The molecule has 0 radical (unpaired) electrons. The molecule has 3 aromatic carbocycles. The summed E-state index contributed by atoms with van der Waals surface area (Å²) in [6, 6.07) is 24.4. The second-order valence-corrected chi connectivity index (χ2v) is 9.36. The van der Waals surface area contributed by atoms with Crippen LogP contribution >= 0.6 is 10.8 Å². The maximum Gasteiger partial charge on any atom is 0.426 e. The van der Waals surface area contributed by atoms with E-state index in [1.165, 1.54) is 7.11 Å².